The minimum atomic E-state index is -1.77. The summed E-state index contributed by atoms with van der Waals surface area (Å²) in [6.45, 7) is 3.28. The van der Waals surface area contributed by atoms with Gasteiger partial charge in [-0.2, -0.15) is 0 Å². The zero-order chi connectivity index (χ0) is 48.3. The Balaban J connectivity index is 1.25. The molecule has 5 aromatic rings. The number of ether oxygens (including phenoxy) is 10. The van der Waals surface area contributed by atoms with Gasteiger partial charge >= 0.3 is 29.8 Å². The molecule has 0 aromatic heterocycles. The minimum Gasteiger partial charge on any atom is -0.459 e. The van der Waals surface area contributed by atoms with Gasteiger partial charge in [0, 0.05) is 10.8 Å². The van der Waals surface area contributed by atoms with Crippen molar-refractivity contribution in [1.29, 1.82) is 0 Å². The molecule has 3 aliphatic heterocycles. The number of hydrogen-bond acceptors (Lipinski definition) is 16. The fourth-order valence-corrected chi connectivity index (χ4v) is 9.13. The summed E-state index contributed by atoms with van der Waals surface area (Å²) in [6, 6.07) is 41.3. The normalized spacial score (nSPS) is 26.4. The predicted octanol–water partition coefficient (Wildman–Crippen LogP) is 7.76. The zero-order valence-corrected chi connectivity index (χ0v) is 39.0. The number of alkyl halides is 1. The number of fused-ring (bicyclic) bond motifs is 1. The van der Waals surface area contributed by atoms with Crippen molar-refractivity contribution >= 4 is 53.2 Å². The molecule has 3 saturated heterocycles. The maximum atomic E-state index is 14.3. The number of thioether (sulfide) groups is 1. The molecule has 0 unspecified atom stereocenters. The molecule has 3 aliphatic rings. The fraction of sp³-hybridized carbons (Fsp3) is 0.327. The van der Waals surface area contributed by atoms with Crippen molar-refractivity contribution < 1.29 is 71.3 Å². The van der Waals surface area contributed by atoms with E-state index in [4.69, 9.17) is 59.0 Å². The van der Waals surface area contributed by atoms with Gasteiger partial charge in [-0.25, -0.2) is 19.2 Å². The minimum absolute atomic E-state index is 0.0141. The summed E-state index contributed by atoms with van der Waals surface area (Å²) in [4.78, 5) is 69.5. The second-order valence-electron chi connectivity index (χ2n) is 16.3. The van der Waals surface area contributed by atoms with Crippen molar-refractivity contribution in [3.05, 3.63) is 179 Å². The van der Waals surface area contributed by atoms with Gasteiger partial charge in [0.15, 0.2) is 37.0 Å². The molecule has 0 saturated carbocycles. The third kappa shape index (κ3) is 12.4. The Labute approximate surface area is 407 Å². The molecule has 8 rings (SSSR count). The Morgan fingerprint density at radius 1 is 0.565 bits per heavy atom. The summed E-state index contributed by atoms with van der Waals surface area (Å²) >= 11 is 7.40. The van der Waals surface area contributed by atoms with Gasteiger partial charge in [0.25, 0.3) is 0 Å². The van der Waals surface area contributed by atoms with Gasteiger partial charge in [0.05, 0.1) is 28.9 Å². The summed E-state index contributed by atoms with van der Waals surface area (Å²) < 4.78 is 63.9. The van der Waals surface area contributed by atoms with E-state index in [-0.39, 0.29) is 34.1 Å². The molecule has 0 spiro atoms. The summed E-state index contributed by atoms with van der Waals surface area (Å²) in [6.07, 6.45) is -13.8. The molecule has 3 fully saturated rings. The monoisotopic (exact) mass is 980 g/mol. The van der Waals surface area contributed by atoms with Crippen LogP contribution in [0.25, 0.3) is 0 Å². The molecular formula is C52H49ClO15S. The molecule has 0 N–H and O–H groups in total. The maximum absolute atomic E-state index is 14.3. The summed E-state index contributed by atoms with van der Waals surface area (Å²) in [5.41, 5.74) is 0.307. The first-order chi connectivity index (χ1) is 33.6. The molecule has 0 bridgehead atoms. The Morgan fingerprint density at radius 2 is 1.04 bits per heavy atom. The number of carbonyl (C=O) groups excluding carboxylic acids is 5. The molecule has 5 aromatic carbocycles. The molecule has 69 heavy (non-hydrogen) atoms. The van der Waals surface area contributed by atoms with Crippen LogP contribution in [0.4, 0.5) is 0 Å². The Kier molecular flexibility index (Phi) is 16.8. The first kappa shape index (κ1) is 49.3. The van der Waals surface area contributed by atoms with E-state index in [0.717, 1.165) is 0 Å². The van der Waals surface area contributed by atoms with Crippen molar-refractivity contribution in [3.8, 4) is 0 Å². The van der Waals surface area contributed by atoms with Crippen molar-refractivity contribution in [2.75, 3.05) is 19.1 Å². The van der Waals surface area contributed by atoms with Gasteiger partial charge in [-0.15, -0.1) is 23.4 Å². The van der Waals surface area contributed by atoms with Crippen LogP contribution in [0.1, 0.15) is 67.1 Å². The number of esters is 5. The fourth-order valence-electron chi connectivity index (χ4n) is 7.96. The number of carbonyl (C=O) groups is 5. The molecule has 3 heterocycles. The average Bonchev–Trinajstić information content (AvgIpc) is 3.38. The third-order valence-electron chi connectivity index (χ3n) is 11.2. The molecule has 15 nitrogen and oxygen atoms in total. The third-order valence-corrected chi connectivity index (χ3v) is 12.6. The lowest BCUT2D eigenvalue weighted by molar-refractivity contribution is -0.365. The van der Waals surface area contributed by atoms with Crippen molar-refractivity contribution in [3.63, 3.8) is 0 Å². The van der Waals surface area contributed by atoms with Gasteiger partial charge < -0.3 is 47.4 Å². The highest BCUT2D eigenvalue weighted by Gasteiger charge is 2.58. The Hall–Kier alpha value is -6.11. The lowest BCUT2D eigenvalue weighted by Gasteiger charge is -2.51. The SMILES string of the molecule is CC(C)S[C@@H]1O[C@@H]2CO[C@@H](c3ccccc3)O[C@H]2[C@H](O[C@@H]2O[C@H](COC(=O)c3ccccc3)[C@@H](OC(=O)c3ccccc3)[C@H](OC(=O)c3ccccc3)[C@H]2OC(=O)c2ccccc2)[C@H]1OC(=O)CCl. The van der Waals surface area contributed by atoms with Gasteiger partial charge in [-0.05, 0) is 48.5 Å². The first-order valence-corrected chi connectivity index (χ1v) is 23.7. The number of hydrogen-bond donors (Lipinski definition) is 0. The topological polar surface area (TPSA) is 178 Å². The first-order valence-electron chi connectivity index (χ1n) is 22.3. The lowest BCUT2D eigenvalue weighted by atomic mass is 9.95. The van der Waals surface area contributed by atoms with E-state index < -0.39 is 109 Å². The number of halogens is 1. The molecule has 0 radical (unpaired) electrons. The highest BCUT2D eigenvalue weighted by atomic mass is 35.5. The van der Waals surface area contributed by atoms with Crippen LogP contribution in [0.15, 0.2) is 152 Å². The van der Waals surface area contributed by atoms with E-state index in [0.29, 0.717) is 5.56 Å². The maximum Gasteiger partial charge on any atom is 0.338 e. The van der Waals surface area contributed by atoms with E-state index in [1.165, 1.54) is 48.2 Å². The van der Waals surface area contributed by atoms with Crippen LogP contribution in [0, 0.1) is 0 Å². The molecule has 0 amide bonds. The Morgan fingerprint density at radius 3 is 1.55 bits per heavy atom. The van der Waals surface area contributed by atoms with Gasteiger partial charge in [0.2, 0.25) is 0 Å². The number of benzene rings is 5. The van der Waals surface area contributed by atoms with Crippen LogP contribution in [-0.4, -0.2) is 115 Å². The Bertz CT molecular complexity index is 2490. The van der Waals surface area contributed by atoms with Crippen molar-refractivity contribution in [1.82, 2.24) is 0 Å². The molecule has 11 atom stereocenters. The highest BCUT2D eigenvalue weighted by molar-refractivity contribution is 8.00. The standard InChI is InChI=1S/C52H49ClO15S/c1-31(2)69-52-45(63-39(54)28-53)43(41-38(62-52)30-60-50(67-41)36-26-16-7-17-27-36)68-51-44(66-49(58)35-24-14-6-15-25-35)42(65-48(57)34-22-12-5-13-23-34)40(64-47(56)33-20-10-4-11-21-33)37(61-51)29-59-46(55)32-18-8-3-9-19-32/h3-27,31,37-38,40-45,50-52H,28-30H2,1-2H3/t37-,38-,40-,41-,42+,43+,44-,45-,50-,51+,52+/m1/s1. The number of rotatable bonds is 16. The predicted molar refractivity (Wildman–Crippen MR) is 249 cm³/mol. The van der Waals surface area contributed by atoms with Crippen molar-refractivity contribution in [2.24, 2.45) is 0 Å². The lowest BCUT2D eigenvalue weighted by Crippen LogP contribution is -2.67. The van der Waals surface area contributed by atoms with Crippen LogP contribution in [-0.2, 0) is 52.2 Å². The summed E-state index contributed by atoms with van der Waals surface area (Å²) in [7, 11) is 0. The largest absolute Gasteiger partial charge is 0.459 e. The van der Waals surface area contributed by atoms with Gasteiger partial charge in [-0.1, -0.05) is 117 Å². The van der Waals surface area contributed by atoms with E-state index in [1.807, 2.05) is 44.2 Å². The van der Waals surface area contributed by atoms with E-state index in [1.54, 1.807) is 84.9 Å². The second-order valence-corrected chi connectivity index (χ2v) is 18.3. The average molecular weight is 981 g/mol. The highest BCUT2D eigenvalue weighted by Crippen LogP contribution is 2.42. The second kappa shape index (κ2) is 23.5. The van der Waals surface area contributed by atoms with Crippen molar-refractivity contribution in [2.45, 2.75) is 85.9 Å². The summed E-state index contributed by atoms with van der Waals surface area (Å²) in [5, 5.41) is -0.0667. The van der Waals surface area contributed by atoms with E-state index in [9.17, 15) is 24.0 Å². The van der Waals surface area contributed by atoms with Crippen LogP contribution in [0.2, 0.25) is 0 Å². The van der Waals surface area contributed by atoms with Crippen LogP contribution in [0.3, 0.4) is 0 Å². The van der Waals surface area contributed by atoms with Crippen LogP contribution >= 0.6 is 23.4 Å². The smallest absolute Gasteiger partial charge is 0.338 e. The summed E-state index contributed by atoms with van der Waals surface area (Å²) in [5.74, 6) is -4.73. The molecule has 0 aliphatic carbocycles. The van der Waals surface area contributed by atoms with Gasteiger partial charge in [-0.3, -0.25) is 4.79 Å². The van der Waals surface area contributed by atoms with Crippen LogP contribution in [0.5, 0.6) is 0 Å². The zero-order valence-electron chi connectivity index (χ0n) is 37.4. The molecule has 17 heteroatoms. The van der Waals surface area contributed by atoms with Crippen LogP contribution < -0.4 is 0 Å². The van der Waals surface area contributed by atoms with E-state index in [2.05, 4.69) is 0 Å². The molecule has 360 valence electrons. The quantitative estimate of drug-likeness (QED) is 0.0532. The van der Waals surface area contributed by atoms with E-state index >= 15 is 0 Å². The molecular weight excluding hydrogens is 932 g/mol. The van der Waals surface area contributed by atoms with Gasteiger partial charge in [0.1, 0.15) is 42.3 Å².